The van der Waals surface area contributed by atoms with Crippen LogP contribution in [-0.2, 0) is 6.42 Å². The predicted octanol–water partition coefficient (Wildman–Crippen LogP) is 5.83. The summed E-state index contributed by atoms with van der Waals surface area (Å²) in [5.41, 5.74) is 1.03. The highest BCUT2D eigenvalue weighted by atomic mass is 35.5. The Balaban J connectivity index is 2.03. The lowest BCUT2D eigenvalue weighted by Crippen LogP contribution is -1.96. The third kappa shape index (κ3) is 7.03. The second kappa shape index (κ2) is 10.7. The van der Waals surface area contributed by atoms with Gasteiger partial charge in [0.05, 0.1) is 5.02 Å². The van der Waals surface area contributed by atoms with Gasteiger partial charge in [-0.2, -0.15) is 0 Å². The summed E-state index contributed by atoms with van der Waals surface area (Å²) in [7, 11) is 0. The third-order valence-corrected chi connectivity index (χ3v) is 4.34. The first-order valence-corrected chi connectivity index (χ1v) is 8.63. The van der Waals surface area contributed by atoms with Crippen molar-refractivity contribution in [2.24, 2.45) is 0 Å². The predicted molar refractivity (Wildman–Crippen MR) is 88.3 cm³/mol. The molecule has 0 aliphatic heterocycles. The lowest BCUT2D eigenvalue weighted by molar-refractivity contribution is 0.0691. The Morgan fingerprint density at radius 2 is 1.57 bits per heavy atom. The summed E-state index contributed by atoms with van der Waals surface area (Å²) in [6.45, 7) is 2.25. The van der Waals surface area contributed by atoms with Gasteiger partial charge in [-0.05, 0) is 18.4 Å². The van der Waals surface area contributed by atoms with Crippen molar-refractivity contribution in [3.63, 3.8) is 0 Å². The molecule has 0 radical (unpaired) electrons. The van der Waals surface area contributed by atoms with Crippen LogP contribution in [-0.4, -0.2) is 16.1 Å². The Morgan fingerprint density at radius 3 is 2.05 bits per heavy atom. The molecule has 4 heteroatoms. The summed E-state index contributed by atoms with van der Waals surface area (Å²) in [4.78, 5) is 13.6. The first-order valence-electron chi connectivity index (χ1n) is 8.25. The smallest absolute Gasteiger partial charge is 0.353 e. The number of unbranched alkanes of at least 4 members (excludes halogenated alkanes) is 9. The van der Waals surface area contributed by atoms with Gasteiger partial charge in [-0.15, -0.1) is 0 Å². The van der Waals surface area contributed by atoms with Crippen molar-refractivity contribution in [2.75, 3.05) is 0 Å². The summed E-state index contributed by atoms with van der Waals surface area (Å²) < 4.78 is 0. The van der Waals surface area contributed by atoms with Crippen LogP contribution in [0, 0.1) is 0 Å². The molecule has 3 nitrogen and oxygen atoms in total. The van der Waals surface area contributed by atoms with Gasteiger partial charge in [0.15, 0.2) is 0 Å². The van der Waals surface area contributed by atoms with E-state index in [9.17, 15) is 4.79 Å². The van der Waals surface area contributed by atoms with Crippen LogP contribution in [0.15, 0.2) is 6.20 Å². The van der Waals surface area contributed by atoms with Crippen LogP contribution in [0.1, 0.15) is 87.2 Å². The van der Waals surface area contributed by atoms with Crippen LogP contribution in [0.4, 0.5) is 0 Å². The van der Waals surface area contributed by atoms with E-state index in [0.717, 1.165) is 18.4 Å². The monoisotopic (exact) mass is 313 g/mol. The number of carboxylic acids is 1. The van der Waals surface area contributed by atoms with Crippen molar-refractivity contribution >= 4 is 17.6 Å². The van der Waals surface area contributed by atoms with Gasteiger partial charge >= 0.3 is 5.97 Å². The summed E-state index contributed by atoms with van der Waals surface area (Å²) >= 11 is 6.03. The second-order valence-corrected chi connectivity index (χ2v) is 6.12. The molecule has 0 saturated carbocycles. The Morgan fingerprint density at radius 1 is 1.05 bits per heavy atom. The fourth-order valence-electron chi connectivity index (χ4n) is 2.59. The maximum absolute atomic E-state index is 10.9. The molecule has 1 aromatic heterocycles. The number of hydrogen-bond donors (Lipinski definition) is 2. The van der Waals surface area contributed by atoms with E-state index >= 15 is 0 Å². The molecule has 120 valence electrons. The molecule has 21 heavy (non-hydrogen) atoms. The number of aryl methyl sites for hydroxylation is 1. The maximum Gasteiger partial charge on any atom is 0.353 e. The molecular formula is C17H28ClNO2. The van der Waals surface area contributed by atoms with Crippen molar-refractivity contribution in [3.05, 3.63) is 22.5 Å². The lowest BCUT2D eigenvalue weighted by Gasteiger charge is -2.02. The first-order chi connectivity index (χ1) is 10.2. The average molecular weight is 314 g/mol. The lowest BCUT2D eigenvalue weighted by atomic mass is 10.0. The molecule has 0 saturated heterocycles. The van der Waals surface area contributed by atoms with Gasteiger partial charge in [-0.1, -0.05) is 76.3 Å². The number of aromatic nitrogens is 1. The Kier molecular flexibility index (Phi) is 9.24. The summed E-state index contributed by atoms with van der Waals surface area (Å²) in [5, 5.41) is 9.28. The molecule has 0 bridgehead atoms. The summed E-state index contributed by atoms with van der Waals surface area (Å²) in [5.74, 6) is -0.991. The average Bonchev–Trinajstić information content (AvgIpc) is 2.82. The largest absolute Gasteiger partial charge is 0.477 e. The zero-order valence-corrected chi connectivity index (χ0v) is 13.8. The first kappa shape index (κ1) is 18.1. The highest BCUT2D eigenvalue weighted by molar-refractivity contribution is 6.34. The molecule has 0 unspecified atom stereocenters. The molecule has 0 spiro atoms. The van der Waals surface area contributed by atoms with Crippen LogP contribution in [0.25, 0.3) is 0 Å². The second-order valence-electron chi connectivity index (χ2n) is 5.74. The number of nitrogens with one attached hydrogen (secondary N) is 1. The van der Waals surface area contributed by atoms with Crippen molar-refractivity contribution in [3.8, 4) is 0 Å². The van der Waals surface area contributed by atoms with Crippen LogP contribution < -0.4 is 0 Å². The molecule has 0 fully saturated rings. The number of rotatable bonds is 12. The number of hydrogen-bond acceptors (Lipinski definition) is 1. The van der Waals surface area contributed by atoms with E-state index in [1.54, 1.807) is 6.20 Å². The summed E-state index contributed by atoms with van der Waals surface area (Å²) in [6.07, 6.45) is 15.6. The fourth-order valence-corrected chi connectivity index (χ4v) is 2.87. The number of aromatic amines is 1. The minimum Gasteiger partial charge on any atom is -0.477 e. The number of aromatic carboxylic acids is 1. The molecule has 0 aliphatic carbocycles. The quantitative estimate of drug-likeness (QED) is 0.477. The minimum atomic E-state index is -0.991. The Bertz CT molecular complexity index is 415. The van der Waals surface area contributed by atoms with Crippen molar-refractivity contribution in [1.82, 2.24) is 4.98 Å². The molecule has 0 aliphatic rings. The third-order valence-electron chi connectivity index (χ3n) is 3.91. The van der Waals surface area contributed by atoms with Gasteiger partial charge in [-0.3, -0.25) is 0 Å². The van der Waals surface area contributed by atoms with Crippen LogP contribution in [0.2, 0.25) is 5.02 Å². The number of carbonyl (C=O) groups is 1. The zero-order valence-electron chi connectivity index (χ0n) is 13.1. The van der Waals surface area contributed by atoms with Crippen LogP contribution >= 0.6 is 11.6 Å². The topological polar surface area (TPSA) is 53.1 Å². The fraction of sp³-hybridized carbons (Fsp3) is 0.706. The molecule has 1 heterocycles. The Labute approximate surface area is 133 Å². The minimum absolute atomic E-state index is 0.110. The highest BCUT2D eigenvalue weighted by Crippen LogP contribution is 2.23. The van der Waals surface area contributed by atoms with Gasteiger partial charge in [0.1, 0.15) is 5.69 Å². The van der Waals surface area contributed by atoms with E-state index < -0.39 is 5.97 Å². The van der Waals surface area contributed by atoms with E-state index in [1.807, 2.05) is 0 Å². The number of H-pyrrole nitrogens is 1. The van der Waals surface area contributed by atoms with E-state index in [4.69, 9.17) is 16.7 Å². The Hall–Kier alpha value is -0.960. The van der Waals surface area contributed by atoms with Crippen molar-refractivity contribution in [1.29, 1.82) is 0 Å². The zero-order chi connectivity index (χ0) is 15.5. The molecular weight excluding hydrogens is 286 g/mol. The number of halogens is 1. The van der Waals surface area contributed by atoms with Gasteiger partial charge in [0.25, 0.3) is 0 Å². The maximum atomic E-state index is 10.9. The van der Waals surface area contributed by atoms with Gasteiger partial charge in [0, 0.05) is 6.20 Å². The molecule has 2 N–H and O–H groups in total. The van der Waals surface area contributed by atoms with E-state index in [0.29, 0.717) is 5.02 Å². The van der Waals surface area contributed by atoms with Gasteiger partial charge in [-0.25, -0.2) is 4.79 Å². The molecule has 0 aromatic carbocycles. The van der Waals surface area contributed by atoms with Crippen LogP contribution in [0.5, 0.6) is 0 Å². The molecule has 1 rings (SSSR count). The van der Waals surface area contributed by atoms with Crippen molar-refractivity contribution in [2.45, 2.75) is 77.6 Å². The normalized spacial score (nSPS) is 11.0. The summed E-state index contributed by atoms with van der Waals surface area (Å²) in [6, 6.07) is 0. The van der Waals surface area contributed by atoms with Crippen molar-refractivity contribution < 1.29 is 9.90 Å². The SMILES string of the molecule is CCCCCCCCCCCCc1c[nH]c(C(=O)O)c1Cl. The van der Waals surface area contributed by atoms with E-state index in [1.165, 1.54) is 57.8 Å². The van der Waals surface area contributed by atoms with Gasteiger partial charge in [0.2, 0.25) is 0 Å². The van der Waals surface area contributed by atoms with Crippen LogP contribution in [0.3, 0.4) is 0 Å². The number of carboxylic acid groups (broad SMARTS) is 1. The van der Waals surface area contributed by atoms with Gasteiger partial charge < -0.3 is 10.1 Å². The highest BCUT2D eigenvalue weighted by Gasteiger charge is 2.14. The molecule has 0 atom stereocenters. The molecule has 0 amide bonds. The van der Waals surface area contributed by atoms with E-state index in [2.05, 4.69) is 11.9 Å². The van der Waals surface area contributed by atoms with E-state index in [-0.39, 0.29) is 5.69 Å². The molecule has 1 aromatic rings. The standard InChI is InChI=1S/C17H28ClNO2/c1-2-3-4-5-6-7-8-9-10-11-12-14-13-19-16(15(14)18)17(20)21/h13,19H,2-12H2,1H3,(H,20,21).